The van der Waals surface area contributed by atoms with Crippen molar-refractivity contribution in [1.82, 2.24) is 0 Å². The van der Waals surface area contributed by atoms with Crippen molar-refractivity contribution in [3.05, 3.63) is 200 Å². The summed E-state index contributed by atoms with van der Waals surface area (Å²) < 4.78 is 0. The van der Waals surface area contributed by atoms with E-state index in [-0.39, 0.29) is 11.5 Å². The summed E-state index contributed by atoms with van der Waals surface area (Å²) in [5, 5.41) is 2.46. The summed E-state index contributed by atoms with van der Waals surface area (Å²) in [6.45, 7) is 2.35. The molecular formula is C45H36N2. The van der Waals surface area contributed by atoms with Crippen LogP contribution >= 0.6 is 0 Å². The monoisotopic (exact) mass is 604 g/mol. The van der Waals surface area contributed by atoms with E-state index in [2.05, 4.69) is 211 Å². The molecule has 6 aromatic carbocycles. The number of allylic oxidation sites excluding steroid dienone is 5. The first kappa shape index (κ1) is 28.6. The minimum atomic E-state index is -0.266. The molecule has 2 heteroatoms. The molecule has 0 spiro atoms. The lowest BCUT2D eigenvalue weighted by molar-refractivity contribution is 0.468. The maximum atomic E-state index is 2.49. The Morgan fingerprint density at radius 1 is 0.511 bits per heavy atom. The minimum absolute atomic E-state index is 0.249. The normalized spacial score (nSPS) is 18.1. The highest BCUT2D eigenvalue weighted by Crippen LogP contribution is 2.45. The summed E-state index contributed by atoms with van der Waals surface area (Å²) in [5.74, 6) is 0.249. The van der Waals surface area contributed by atoms with Crippen LogP contribution in [0.15, 0.2) is 200 Å². The quantitative estimate of drug-likeness (QED) is 0.179. The van der Waals surface area contributed by atoms with E-state index in [1.807, 2.05) is 0 Å². The Bertz CT molecular complexity index is 2130. The van der Waals surface area contributed by atoms with E-state index < -0.39 is 0 Å². The molecule has 2 unspecified atom stereocenters. The molecule has 2 nitrogen and oxygen atoms in total. The van der Waals surface area contributed by atoms with Crippen molar-refractivity contribution in [3.8, 4) is 11.1 Å². The number of benzene rings is 6. The van der Waals surface area contributed by atoms with Gasteiger partial charge >= 0.3 is 0 Å². The van der Waals surface area contributed by atoms with Crippen LogP contribution in [-0.4, -0.2) is 5.54 Å². The largest absolute Gasteiger partial charge is 0.331 e. The summed E-state index contributed by atoms with van der Waals surface area (Å²) in [5.41, 5.74) is 9.21. The van der Waals surface area contributed by atoms with E-state index in [1.165, 1.54) is 44.5 Å². The van der Waals surface area contributed by atoms with Gasteiger partial charge in [0.15, 0.2) is 0 Å². The number of hydrogen-bond donors (Lipinski definition) is 0. The third kappa shape index (κ3) is 5.28. The molecule has 0 aliphatic heterocycles. The zero-order valence-corrected chi connectivity index (χ0v) is 26.4. The van der Waals surface area contributed by atoms with E-state index in [4.69, 9.17) is 0 Å². The van der Waals surface area contributed by atoms with E-state index in [0.717, 1.165) is 11.4 Å². The minimum Gasteiger partial charge on any atom is -0.331 e. The van der Waals surface area contributed by atoms with Gasteiger partial charge in [0.2, 0.25) is 0 Å². The fraction of sp³-hybridized carbons (Fsp3) is 0.0667. The third-order valence-electron chi connectivity index (χ3n) is 9.52. The first-order valence-corrected chi connectivity index (χ1v) is 16.3. The molecule has 0 aromatic heterocycles. The lowest BCUT2D eigenvalue weighted by Gasteiger charge is -2.47. The van der Waals surface area contributed by atoms with E-state index >= 15 is 0 Å². The number of anilines is 5. The Hall–Kier alpha value is -5.86. The predicted octanol–water partition coefficient (Wildman–Crippen LogP) is 12.1. The second-order valence-corrected chi connectivity index (χ2v) is 12.4. The second-order valence-electron chi connectivity index (χ2n) is 12.4. The molecule has 47 heavy (non-hydrogen) atoms. The van der Waals surface area contributed by atoms with Crippen LogP contribution in [0.25, 0.3) is 21.9 Å². The van der Waals surface area contributed by atoms with Crippen LogP contribution in [0.1, 0.15) is 6.92 Å². The van der Waals surface area contributed by atoms with Gasteiger partial charge in [0.25, 0.3) is 0 Å². The molecule has 0 saturated carbocycles. The fourth-order valence-corrected chi connectivity index (χ4v) is 7.22. The van der Waals surface area contributed by atoms with Gasteiger partial charge in [-0.2, -0.15) is 0 Å². The molecule has 2 aliphatic carbocycles. The number of fused-ring (bicyclic) bond motifs is 2. The highest BCUT2D eigenvalue weighted by Gasteiger charge is 2.40. The van der Waals surface area contributed by atoms with Crippen LogP contribution in [0.5, 0.6) is 0 Å². The standard InChI is InChI=1S/C45H36N2/c1-45(33-13-17-37-15-9-11-23-43(37)45)47(40-20-6-3-7-21-40)41-31-27-35(28-32-41)34-25-29-39(30-26-34)46(38-18-4-2-5-19-38)44-24-12-16-36-14-8-10-22-42(36)44/h2-33,43H,1H3. The Kier molecular flexibility index (Phi) is 7.39. The SMILES string of the molecule is CC1(N(c2ccccc2)c2ccc(-c3ccc(N(c4ccccc4)c4cccc5ccccc45)cc3)cc2)C=CC=C2C=CC=CC21. The summed E-state index contributed by atoms with van der Waals surface area (Å²) in [6.07, 6.45) is 15.7. The van der Waals surface area contributed by atoms with Crippen LogP contribution in [0.2, 0.25) is 0 Å². The maximum Gasteiger partial charge on any atom is 0.0711 e. The summed E-state index contributed by atoms with van der Waals surface area (Å²) in [4.78, 5) is 4.84. The Morgan fingerprint density at radius 2 is 1.09 bits per heavy atom. The molecule has 0 bridgehead atoms. The molecule has 0 radical (unpaired) electrons. The molecule has 0 saturated heterocycles. The second kappa shape index (κ2) is 12.2. The number of rotatable bonds is 7. The molecule has 2 aliphatic rings. The number of hydrogen-bond acceptors (Lipinski definition) is 2. The molecule has 2 atom stereocenters. The molecule has 8 rings (SSSR count). The van der Waals surface area contributed by atoms with Gasteiger partial charge in [-0.25, -0.2) is 0 Å². The van der Waals surface area contributed by atoms with Gasteiger partial charge in [-0.05, 0) is 83.6 Å². The summed E-state index contributed by atoms with van der Waals surface area (Å²) in [7, 11) is 0. The molecule has 0 fully saturated rings. The van der Waals surface area contributed by atoms with Crippen LogP contribution in [-0.2, 0) is 0 Å². The van der Waals surface area contributed by atoms with Crippen molar-refractivity contribution in [2.75, 3.05) is 9.80 Å². The average molecular weight is 605 g/mol. The van der Waals surface area contributed by atoms with Gasteiger partial charge in [-0.1, -0.05) is 140 Å². The first-order chi connectivity index (χ1) is 23.2. The average Bonchev–Trinajstić information content (AvgIpc) is 3.14. The van der Waals surface area contributed by atoms with Crippen molar-refractivity contribution in [2.45, 2.75) is 12.5 Å². The number of para-hydroxylation sites is 2. The smallest absolute Gasteiger partial charge is 0.0711 e. The molecular weight excluding hydrogens is 569 g/mol. The Morgan fingerprint density at radius 3 is 1.81 bits per heavy atom. The highest BCUT2D eigenvalue weighted by molar-refractivity contribution is 5.99. The molecule has 0 heterocycles. The molecule has 0 N–H and O–H groups in total. The third-order valence-corrected chi connectivity index (χ3v) is 9.52. The topological polar surface area (TPSA) is 6.48 Å². The van der Waals surface area contributed by atoms with Gasteiger partial charge in [0.05, 0.1) is 11.2 Å². The van der Waals surface area contributed by atoms with E-state index in [0.29, 0.717) is 0 Å². The van der Waals surface area contributed by atoms with E-state index in [9.17, 15) is 0 Å². The van der Waals surface area contributed by atoms with Crippen molar-refractivity contribution in [2.24, 2.45) is 5.92 Å². The zero-order chi connectivity index (χ0) is 31.6. The lowest BCUT2D eigenvalue weighted by atomic mass is 9.73. The Balaban J connectivity index is 1.14. The highest BCUT2D eigenvalue weighted by atomic mass is 15.2. The van der Waals surface area contributed by atoms with Crippen LogP contribution in [0, 0.1) is 5.92 Å². The maximum absolute atomic E-state index is 2.49. The molecule has 226 valence electrons. The Labute approximate surface area is 277 Å². The number of nitrogens with zero attached hydrogens (tertiary/aromatic N) is 2. The summed E-state index contributed by atoms with van der Waals surface area (Å²) >= 11 is 0. The van der Waals surface area contributed by atoms with E-state index in [1.54, 1.807) is 0 Å². The van der Waals surface area contributed by atoms with Crippen LogP contribution in [0.4, 0.5) is 28.4 Å². The first-order valence-electron chi connectivity index (χ1n) is 16.3. The van der Waals surface area contributed by atoms with Crippen LogP contribution < -0.4 is 9.80 Å². The molecule has 6 aromatic rings. The zero-order valence-electron chi connectivity index (χ0n) is 26.4. The van der Waals surface area contributed by atoms with Crippen molar-refractivity contribution in [1.29, 1.82) is 0 Å². The van der Waals surface area contributed by atoms with Gasteiger partial charge in [-0.3, -0.25) is 0 Å². The molecule has 0 amide bonds. The fourth-order valence-electron chi connectivity index (χ4n) is 7.22. The summed E-state index contributed by atoms with van der Waals surface area (Å²) in [6, 6.07) is 54.5. The van der Waals surface area contributed by atoms with Crippen molar-refractivity contribution in [3.63, 3.8) is 0 Å². The van der Waals surface area contributed by atoms with Crippen molar-refractivity contribution >= 4 is 39.2 Å². The van der Waals surface area contributed by atoms with Gasteiger partial charge in [-0.15, -0.1) is 0 Å². The van der Waals surface area contributed by atoms with Gasteiger partial charge in [0, 0.05) is 34.1 Å². The van der Waals surface area contributed by atoms with Crippen LogP contribution in [0.3, 0.4) is 0 Å². The van der Waals surface area contributed by atoms with Gasteiger partial charge in [0.1, 0.15) is 0 Å². The lowest BCUT2D eigenvalue weighted by Crippen LogP contribution is -2.49. The van der Waals surface area contributed by atoms with Gasteiger partial charge < -0.3 is 9.80 Å². The predicted molar refractivity (Wildman–Crippen MR) is 200 cm³/mol. The van der Waals surface area contributed by atoms with Crippen molar-refractivity contribution < 1.29 is 0 Å².